The third-order valence-electron chi connectivity index (χ3n) is 4.66. The van der Waals surface area contributed by atoms with Gasteiger partial charge in [-0.1, -0.05) is 18.2 Å². The Bertz CT molecular complexity index is 923. The highest BCUT2D eigenvalue weighted by molar-refractivity contribution is 6.46. The minimum Gasteiger partial charge on any atom is -0.507 e. The fourth-order valence-corrected chi connectivity index (χ4v) is 3.28. The number of ketones is 1. The van der Waals surface area contributed by atoms with Crippen LogP contribution in [0.3, 0.4) is 0 Å². The lowest BCUT2D eigenvalue weighted by atomic mass is 9.95. The highest BCUT2D eigenvalue weighted by atomic mass is 19.1. The largest absolute Gasteiger partial charge is 0.507 e. The van der Waals surface area contributed by atoms with Crippen LogP contribution in [-0.2, 0) is 9.59 Å². The average Bonchev–Trinajstić information content (AvgIpc) is 2.96. The summed E-state index contributed by atoms with van der Waals surface area (Å²) < 4.78 is 19.6. The van der Waals surface area contributed by atoms with Crippen molar-refractivity contribution in [3.63, 3.8) is 0 Å². The van der Waals surface area contributed by atoms with Crippen LogP contribution in [0.4, 0.5) is 4.39 Å². The number of rotatable bonds is 6. The molecule has 28 heavy (non-hydrogen) atoms. The van der Waals surface area contributed by atoms with Crippen molar-refractivity contribution in [2.75, 3.05) is 20.3 Å². The molecule has 0 aliphatic carbocycles. The van der Waals surface area contributed by atoms with Gasteiger partial charge < -0.3 is 19.8 Å². The second-order valence-corrected chi connectivity index (χ2v) is 6.32. The Kier molecular flexibility index (Phi) is 5.75. The molecule has 7 heteroatoms. The second kappa shape index (κ2) is 8.22. The maximum Gasteiger partial charge on any atom is 0.295 e. The van der Waals surface area contributed by atoms with Crippen LogP contribution in [0.1, 0.15) is 23.6 Å². The number of aliphatic hydroxyl groups excluding tert-OH is 2. The third kappa shape index (κ3) is 3.48. The molecule has 1 fully saturated rings. The maximum atomic E-state index is 14.5. The molecule has 6 nitrogen and oxygen atoms in total. The van der Waals surface area contributed by atoms with Gasteiger partial charge in [-0.2, -0.15) is 0 Å². The normalized spacial score (nSPS) is 18.5. The summed E-state index contributed by atoms with van der Waals surface area (Å²) >= 11 is 0. The molecule has 1 heterocycles. The molecule has 1 saturated heterocycles. The van der Waals surface area contributed by atoms with Gasteiger partial charge in [0.2, 0.25) is 0 Å². The van der Waals surface area contributed by atoms with E-state index < -0.39 is 23.5 Å². The fraction of sp³-hybridized carbons (Fsp3) is 0.238. The molecule has 1 aliphatic rings. The van der Waals surface area contributed by atoms with Gasteiger partial charge in [0.05, 0.1) is 18.7 Å². The molecular weight excluding hydrogens is 365 g/mol. The van der Waals surface area contributed by atoms with E-state index in [1.54, 1.807) is 30.3 Å². The van der Waals surface area contributed by atoms with E-state index in [-0.39, 0.29) is 36.5 Å². The number of aliphatic hydroxyl groups is 2. The molecule has 2 N–H and O–H groups in total. The Balaban J connectivity index is 2.16. The standard InChI is InChI=1S/C21H20FNO5/c1-28-14-9-7-13(8-10-14)19(25)17-18(15-5-2-3-6-16(15)22)23(11-4-12-24)21(27)20(17)26/h2-3,5-10,18,24-25H,4,11-12H2,1H3/b19-17+/t18-/m1/s1. The highest BCUT2D eigenvalue weighted by Gasteiger charge is 2.46. The van der Waals surface area contributed by atoms with Gasteiger partial charge in [-0.15, -0.1) is 0 Å². The molecule has 2 aromatic carbocycles. The first kappa shape index (κ1) is 19.6. The zero-order valence-electron chi connectivity index (χ0n) is 15.3. The molecule has 1 atom stereocenters. The zero-order chi connectivity index (χ0) is 20.3. The molecule has 3 rings (SSSR count). The minimum absolute atomic E-state index is 0.0550. The zero-order valence-corrected chi connectivity index (χ0v) is 15.3. The van der Waals surface area contributed by atoms with Crippen LogP contribution in [-0.4, -0.2) is 47.1 Å². The van der Waals surface area contributed by atoms with Gasteiger partial charge >= 0.3 is 0 Å². The van der Waals surface area contributed by atoms with E-state index >= 15 is 0 Å². The van der Waals surface area contributed by atoms with Crippen LogP contribution < -0.4 is 4.74 Å². The predicted octanol–water partition coefficient (Wildman–Crippen LogP) is 2.64. The van der Waals surface area contributed by atoms with Crippen molar-refractivity contribution in [2.45, 2.75) is 12.5 Å². The number of nitrogens with zero attached hydrogens (tertiary/aromatic N) is 1. The monoisotopic (exact) mass is 385 g/mol. The number of likely N-dealkylation sites (tertiary alicyclic amines) is 1. The summed E-state index contributed by atoms with van der Waals surface area (Å²) in [6.07, 6.45) is 0.223. The molecule has 1 amide bonds. The lowest BCUT2D eigenvalue weighted by Crippen LogP contribution is -2.31. The molecular formula is C21H20FNO5. The van der Waals surface area contributed by atoms with E-state index in [0.717, 1.165) is 0 Å². The summed E-state index contributed by atoms with van der Waals surface area (Å²) in [4.78, 5) is 26.4. The molecule has 1 aliphatic heterocycles. The van der Waals surface area contributed by atoms with Crippen molar-refractivity contribution < 1.29 is 28.9 Å². The van der Waals surface area contributed by atoms with Crippen molar-refractivity contribution in [2.24, 2.45) is 0 Å². The van der Waals surface area contributed by atoms with Crippen molar-refractivity contribution in [1.29, 1.82) is 0 Å². The first-order valence-electron chi connectivity index (χ1n) is 8.77. The number of methoxy groups -OCH3 is 1. The number of amides is 1. The number of hydrogen-bond acceptors (Lipinski definition) is 5. The summed E-state index contributed by atoms with van der Waals surface area (Å²) in [5.74, 6) is -2.15. The topological polar surface area (TPSA) is 87.1 Å². The lowest BCUT2D eigenvalue weighted by Gasteiger charge is -2.25. The number of carbonyl (C=O) groups excluding carboxylic acids is 2. The highest BCUT2D eigenvalue weighted by Crippen LogP contribution is 2.40. The number of hydrogen-bond donors (Lipinski definition) is 2. The van der Waals surface area contributed by atoms with Gasteiger partial charge in [-0.3, -0.25) is 9.59 Å². The molecule has 0 aromatic heterocycles. The van der Waals surface area contributed by atoms with E-state index in [1.807, 2.05) is 0 Å². The molecule has 2 aromatic rings. The van der Waals surface area contributed by atoms with E-state index in [1.165, 1.54) is 30.2 Å². The van der Waals surface area contributed by atoms with Crippen LogP contribution in [0.5, 0.6) is 5.75 Å². The van der Waals surface area contributed by atoms with Crippen LogP contribution in [0.2, 0.25) is 0 Å². The van der Waals surface area contributed by atoms with E-state index in [9.17, 15) is 19.1 Å². The molecule has 0 radical (unpaired) electrons. The number of ether oxygens (including phenoxy) is 1. The van der Waals surface area contributed by atoms with Gasteiger partial charge in [-0.05, 0) is 36.8 Å². The Labute approximate surface area is 161 Å². The molecule has 0 unspecified atom stereocenters. The first-order valence-corrected chi connectivity index (χ1v) is 8.77. The Hall–Kier alpha value is -3.19. The van der Waals surface area contributed by atoms with Crippen LogP contribution in [0, 0.1) is 5.82 Å². The van der Waals surface area contributed by atoms with Gasteiger partial charge in [0.25, 0.3) is 11.7 Å². The lowest BCUT2D eigenvalue weighted by molar-refractivity contribution is -0.140. The van der Waals surface area contributed by atoms with Gasteiger partial charge in [0.15, 0.2) is 0 Å². The van der Waals surface area contributed by atoms with Crippen molar-refractivity contribution in [3.05, 3.63) is 71.0 Å². The molecule has 146 valence electrons. The number of benzene rings is 2. The SMILES string of the molecule is COc1ccc(/C(O)=C2\C(=O)C(=O)N(CCCO)[C@@H]2c2ccccc2F)cc1. The van der Waals surface area contributed by atoms with Crippen molar-refractivity contribution in [1.82, 2.24) is 4.90 Å². The van der Waals surface area contributed by atoms with E-state index in [0.29, 0.717) is 11.3 Å². The molecule has 0 spiro atoms. The second-order valence-electron chi connectivity index (χ2n) is 6.32. The Morgan fingerprint density at radius 2 is 1.82 bits per heavy atom. The van der Waals surface area contributed by atoms with E-state index in [2.05, 4.69) is 0 Å². The van der Waals surface area contributed by atoms with Crippen molar-refractivity contribution in [3.8, 4) is 5.75 Å². The van der Waals surface area contributed by atoms with Gasteiger partial charge in [0.1, 0.15) is 17.3 Å². The summed E-state index contributed by atoms with van der Waals surface area (Å²) in [6.45, 7) is -0.134. The number of Topliss-reactive ketones (excluding diaryl/α,β-unsaturated/α-hetero) is 1. The maximum absolute atomic E-state index is 14.5. The Morgan fingerprint density at radius 1 is 1.14 bits per heavy atom. The molecule has 0 bridgehead atoms. The first-order chi connectivity index (χ1) is 13.5. The van der Waals surface area contributed by atoms with Crippen LogP contribution in [0.15, 0.2) is 54.1 Å². The summed E-state index contributed by atoms with van der Waals surface area (Å²) in [7, 11) is 1.50. The average molecular weight is 385 g/mol. The minimum atomic E-state index is -1.07. The Morgan fingerprint density at radius 3 is 2.43 bits per heavy atom. The van der Waals surface area contributed by atoms with Gasteiger partial charge in [0, 0.05) is 24.3 Å². The molecule has 0 saturated carbocycles. The fourth-order valence-electron chi connectivity index (χ4n) is 3.28. The number of carbonyl (C=O) groups is 2. The van der Waals surface area contributed by atoms with Gasteiger partial charge in [-0.25, -0.2) is 4.39 Å². The smallest absolute Gasteiger partial charge is 0.295 e. The third-order valence-corrected chi connectivity index (χ3v) is 4.66. The number of halogens is 1. The van der Waals surface area contributed by atoms with E-state index in [4.69, 9.17) is 9.84 Å². The van der Waals surface area contributed by atoms with Crippen molar-refractivity contribution >= 4 is 17.4 Å². The van der Waals surface area contributed by atoms with Crippen LogP contribution >= 0.6 is 0 Å². The summed E-state index contributed by atoms with van der Waals surface area (Å²) in [5, 5.41) is 19.9. The summed E-state index contributed by atoms with van der Waals surface area (Å²) in [5.41, 5.74) is 0.232. The van der Waals surface area contributed by atoms with Crippen LogP contribution in [0.25, 0.3) is 5.76 Å². The quantitative estimate of drug-likeness (QED) is 0.454. The summed E-state index contributed by atoms with van der Waals surface area (Å²) in [6, 6.07) is 11.0. The predicted molar refractivity (Wildman–Crippen MR) is 100 cm³/mol.